The fourth-order valence-corrected chi connectivity index (χ4v) is 4.03. The monoisotopic (exact) mass is 624 g/mol. The third-order valence-electron chi connectivity index (χ3n) is 6.39. The van der Waals surface area contributed by atoms with Crippen LogP contribution < -0.4 is 20.7 Å². The van der Waals surface area contributed by atoms with E-state index in [9.17, 15) is 14.9 Å². The maximum atomic E-state index is 12.2. The molecule has 0 fully saturated rings. The number of amides is 1. The van der Waals surface area contributed by atoms with Crippen molar-refractivity contribution in [2.24, 2.45) is 0 Å². The van der Waals surface area contributed by atoms with Crippen LogP contribution >= 0.6 is 0 Å². The molecule has 0 aliphatic rings. The number of carbonyl (C=O) groups is 2. The molecule has 0 bridgehead atoms. The molecule has 0 unspecified atom stereocenters. The highest BCUT2D eigenvalue weighted by molar-refractivity contribution is 5.97. The highest BCUT2D eigenvalue weighted by Gasteiger charge is 2.20. The Morgan fingerprint density at radius 1 is 1.04 bits per heavy atom. The molecule has 2 heterocycles. The van der Waals surface area contributed by atoms with E-state index < -0.39 is 17.7 Å². The first kappa shape index (κ1) is 33.1. The molecule has 3 N–H and O–H groups in total. The summed E-state index contributed by atoms with van der Waals surface area (Å²) in [4.78, 5) is 34.4. The number of nitrogens with two attached hydrogens (primary N) is 1. The Morgan fingerprint density at radius 2 is 1.76 bits per heavy atom. The smallest absolute Gasteiger partial charge is 0.407 e. The standard InChI is InChI=1S/C34H36N6O6/c1-34(2,3)46-31(41)26(20-35)19-28-13-14-29(45-28)25-9-11-27(12-10-25)40(4)17-18-43-33(42)38-21-23-5-7-24(8-6-23)22-44-32-37-16-15-30(36)39-32/h5-16,19H,17-18,21-22H2,1-4H3,(H,38,42)(H2,36,37,39)/b26-19+. The van der Waals surface area contributed by atoms with Crippen LogP contribution in [0.3, 0.4) is 0 Å². The van der Waals surface area contributed by atoms with Crippen LogP contribution in [0.2, 0.25) is 0 Å². The summed E-state index contributed by atoms with van der Waals surface area (Å²) in [5, 5.41) is 12.1. The second kappa shape index (κ2) is 15.3. The fourth-order valence-electron chi connectivity index (χ4n) is 4.03. The van der Waals surface area contributed by atoms with Crippen LogP contribution in [0.4, 0.5) is 16.3 Å². The minimum atomic E-state index is -0.712. The van der Waals surface area contributed by atoms with Crippen molar-refractivity contribution >= 4 is 29.6 Å². The minimum absolute atomic E-state index is 0.147. The fraction of sp³-hybridized carbons (Fsp3) is 0.265. The van der Waals surface area contributed by atoms with Crippen LogP contribution in [0, 0.1) is 11.3 Å². The van der Waals surface area contributed by atoms with E-state index in [1.165, 1.54) is 12.3 Å². The zero-order chi connectivity index (χ0) is 33.1. The van der Waals surface area contributed by atoms with Gasteiger partial charge in [-0.1, -0.05) is 24.3 Å². The first-order chi connectivity index (χ1) is 22.0. The summed E-state index contributed by atoms with van der Waals surface area (Å²) in [6.07, 6.45) is 2.39. The van der Waals surface area contributed by atoms with Crippen molar-refractivity contribution in [2.45, 2.75) is 39.5 Å². The number of hydrogen-bond acceptors (Lipinski definition) is 11. The van der Waals surface area contributed by atoms with Crippen LogP contribution in [0.15, 0.2) is 82.9 Å². The van der Waals surface area contributed by atoms with Crippen molar-refractivity contribution < 1.29 is 28.2 Å². The van der Waals surface area contributed by atoms with Gasteiger partial charge in [0.2, 0.25) is 0 Å². The van der Waals surface area contributed by atoms with Crippen LogP contribution in [0.5, 0.6) is 6.01 Å². The second-order valence-electron chi connectivity index (χ2n) is 11.2. The quantitative estimate of drug-likeness (QED) is 0.116. The molecular formula is C34H36N6O6. The number of likely N-dealkylation sites (N-methyl/N-ethyl adjacent to an activating group) is 1. The lowest BCUT2D eigenvalue weighted by Gasteiger charge is -2.19. The van der Waals surface area contributed by atoms with Crippen LogP contribution in [0.1, 0.15) is 37.7 Å². The number of nitrogens with zero attached hydrogens (tertiary/aromatic N) is 4. The van der Waals surface area contributed by atoms with Crippen molar-refractivity contribution in [1.29, 1.82) is 5.26 Å². The Kier molecular flexibility index (Phi) is 11.0. The Morgan fingerprint density at radius 3 is 2.43 bits per heavy atom. The third-order valence-corrected chi connectivity index (χ3v) is 6.39. The topological polar surface area (TPSA) is 166 Å². The van der Waals surface area contributed by atoms with Gasteiger partial charge in [0.15, 0.2) is 0 Å². The van der Waals surface area contributed by atoms with Gasteiger partial charge in [0, 0.05) is 37.1 Å². The highest BCUT2D eigenvalue weighted by Crippen LogP contribution is 2.26. The predicted molar refractivity (Wildman–Crippen MR) is 172 cm³/mol. The Balaban J connectivity index is 1.19. The number of hydrogen-bond donors (Lipinski definition) is 2. The average molecular weight is 625 g/mol. The molecule has 0 aliphatic heterocycles. The molecule has 0 radical (unpaired) electrons. The van der Waals surface area contributed by atoms with Crippen molar-refractivity contribution in [3.63, 3.8) is 0 Å². The summed E-state index contributed by atoms with van der Waals surface area (Å²) in [6, 6.07) is 22.3. The number of nitrogen functional groups attached to an aromatic ring is 1. The highest BCUT2D eigenvalue weighted by atomic mass is 16.6. The van der Waals surface area contributed by atoms with E-state index in [0.29, 0.717) is 30.4 Å². The maximum Gasteiger partial charge on any atom is 0.407 e. The lowest BCUT2D eigenvalue weighted by Crippen LogP contribution is -2.28. The molecule has 1 amide bonds. The van der Waals surface area contributed by atoms with E-state index in [0.717, 1.165) is 22.4 Å². The number of carbonyl (C=O) groups excluding carboxylic acids is 2. The largest absolute Gasteiger partial charge is 0.459 e. The summed E-state index contributed by atoms with van der Waals surface area (Å²) in [5.74, 6) is 0.575. The van der Waals surface area contributed by atoms with Gasteiger partial charge in [0.05, 0.1) is 6.54 Å². The van der Waals surface area contributed by atoms with E-state index in [1.54, 1.807) is 39.0 Å². The Bertz CT molecular complexity index is 1700. The number of alkyl carbamates (subject to hydrolysis) is 1. The number of rotatable bonds is 12. The van der Waals surface area contributed by atoms with E-state index in [2.05, 4.69) is 15.3 Å². The molecule has 0 saturated heterocycles. The first-order valence-electron chi connectivity index (χ1n) is 14.5. The second-order valence-corrected chi connectivity index (χ2v) is 11.2. The number of furan rings is 1. The molecule has 4 rings (SSSR count). The first-order valence-corrected chi connectivity index (χ1v) is 14.5. The van der Waals surface area contributed by atoms with Crippen molar-refractivity contribution in [2.75, 3.05) is 30.8 Å². The van der Waals surface area contributed by atoms with Gasteiger partial charge in [-0.15, -0.1) is 0 Å². The van der Waals surface area contributed by atoms with Gasteiger partial charge in [0.1, 0.15) is 47.8 Å². The summed E-state index contributed by atoms with van der Waals surface area (Å²) >= 11 is 0. The van der Waals surface area contributed by atoms with E-state index in [-0.39, 0.29) is 24.8 Å². The number of aromatic nitrogens is 2. The van der Waals surface area contributed by atoms with Gasteiger partial charge < -0.3 is 34.6 Å². The van der Waals surface area contributed by atoms with Crippen LogP contribution in [-0.2, 0) is 27.4 Å². The Labute approximate surface area is 267 Å². The van der Waals surface area contributed by atoms with E-state index >= 15 is 0 Å². The van der Waals surface area contributed by atoms with Gasteiger partial charge in [-0.25, -0.2) is 14.6 Å². The van der Waals surface area contributed by atoms with Crippen LogP contribution in [-0.4, -0.2) is 47.8 Å². The summed E-state index contributed by atoms with van der Waals surface area (Å²) in [5.41, 5.74) is 8.34. The van der Waals surface area contributed by atoms with E-state index in [1.807, 2.05) is 66.5 Å². The SMILES string of the molecule is CN(CCOC(=O)NCc1ccc(COc2nccc(N)n2)cc1)c1ccc(-c2ccc(/C=C(\C#N)C(=O)OC(C)(C)C)o2)cc1. The van der Waals surface area contributed by atoms with Gasteiger partial charge in [-0.05, 0) is 74.4 Å². The molecule has 4 aromatic rings. The van der Waals surface area contributed by atoms with Crippen molar-refractivity contribution in [1.82, 2.24) is 15.3 Å². The maximum absolute atomic E-state index is 12.2. The van der Waals surface area contributed by atoms with Crippen molar-refractivity contribution in [3.8, 4) is 23.4 Å². The molecule has 12 nitrogen and oxygen atoms in total. The molecule has 2 aromatic carbocycles. The summed E-state index contributed by atoms with van der Waals surface area (Å²) < 4.78 is 22.0. The molecule has 238 valence electrons. The lowest BCUT2D eigenvalue weighted by atomic mass is 10.1. The minimum Gasteiger partial charge on any atom is -0.459 e. The number of nitriles is 1. The molecule has 12 heteroatoms. The lowest BCUT2D eigenvalue weighted by molar-refractivity contribution is -0.149. The predicted octanol–water partition coefficient (Wildman–Crippen LogP) is 5.51. The molecule has 0 aliphatic carbocycles. The summed E-state index contributed by atoms with van der Waals surface area (Å²) in [7, 11) is 1.90. The molecule has 0 saturated carbocycles. The molecule has 0 atom stereocenters. The number of ether oxygens (including phenoxy) is 3. The normalized spacial score (nSPS) is 11.3. The molecular weight excluding hydrogens is 588 g/mol. The third kappa shape index (κ3) is 10.1. The van der Waals surface area contributed by atoms with Crippen LogP contribution in [0.25, 0.3) is 17.4 Å². The van der Waals surface area contributed by atoms with Crippen molar-refractivity contribution in [3.05, 3.63) is 95.4 Å². The Hall–Kier alpha value is -5.83. The van der Waals surface area contributed by atoms with Gasteiger partial charge in [0.25, 0.3) is 0 Å². The molecule has 2 aromatic heterocycles. The van der Waals surface area contributed by atoms with E-state index in [4.69, 9.17) is 24.4 Å². The summed E-state index contributed by atoms with van der Waals surface area (Å²) in [6.45, 7) is 6.49. The zero-order valence-corrected chi connectivity index (χ0v) is 26.1. The number of anilines is 2. The average Bonchev–Trinajstić information content (AvgIpc) is 3.50. The van der Waals surface area contributed by atoms with Gasteiger partial charge in [-0.2, -0.15) is 10.2 Å². The molecule has 0 spiro atoms. The number of esters is 1. The van der Waals surface area contributed by atoms with Gasteiger partial charge in [-0.3, -0.25) is 0 Å². The number of benzene rings is 2. The number of nitrogens with one attached hydrogen (secondary N) is 1. The van der Waals surface area contributed by atoms with Gasteiger partial charge >= 0.3 is 18.1 Å². The zero-order valence-electron chi connectivity index (χ0n) is 26.1. The molecule has 46 heavy (non-hydrogen) atoms.